The molecule has 1 saturated carbocycles. The van der Waals surface area contributed by atoms with E-state index in [4.69, 9.17) is 16.3 Å². The monoisotopic (exact) mass is 516 g/mol. The second-order valence-corrected chi connectivity index (χ2v) is 10.6. The van der Waals surface area contributed by atoms with Crippen LogP contribution in [0.4, 0.5) is 23.1 Å². The number of benzene rings is 2. The van der Waals surface area contributed by atoms with E-state index in [2.05, 4.69) is 30.0 Å². The zero-order chi connectivity index (χ0) is 25.2. The maximum Gasteiger partial charge on any atom is 0.277 e. The van der Waals surface area contributed by atoms with E-state index >= 15 is 0 Å². The molecule has 0 bridgehead atoms. The van der Waals surface area contributed by atoms with E-state index in [1.54, 1.807) is 7.11 Å². The summed E-state index contributed by atoms with van der Waals surface area (Å²) in [7, 11) is -1.84. The van der Waals surface area contributed by atoms with Gasteiger partial charge in [-0.1, -0.05) is 23.7 Å². The van der Waals surface area contributed by atoms with Crippen molar-refractivity contribution < 1.29 is 13.2 Å². The maximum absolute atomic E-state index is 12.0. The number of ether oxygens (including phenoxy) is 1. The molecule has 0 unspecified atom stereocenters. The first kappa shape index (κ1) is 25.2. The van der Waals surface area contributed by atoms with E-state index in [0.717, 1.165) is 52.2 Å². The fraction of sp³-hybridized carbons (Fsp3) is 0.333. The SMILES string of the molecule is COc1c(C)cc(Nc2ncc(Cl)c(Nc3ccc(CNS(=O)(=O)NC4CC4)cc3C)n2)cc1C. The molecule has 0 spiro atoms. The number of nitrogens with one attached hydrogen (secondary N) is 4. The molecule has 0 radical (unpaired) electrons. The lowest BCUT2D eigenvalue weighted by molar-refractivity contribution is 0.408. The fourth-order valence-electron chi connectivity index (χ4n) is 3.73. The van der Waals surface area contributed by atoms with Gasteiger partial charge < -0.3 is 15.4 Å². The summed E-state index contributed by atoms with van der Waals surface area (Å²) in [6.45, 7) is 6.09. The quantitative estimate of drug-likeness (QED) is 0.310. The highest BCUT2D eigenvalue weighted by Crippen LogP contribution is 2.30. The van der Waals surface area contributed by atoms with Crippen molar-refractivity contribution in [2.45, 2.75) is 46.2 Å². The summed E-state index contributed by atoms with van der Waals surface area (Å²) < 4.78 is 34.7. The van der Waals surface area contributed by atoms with Crippen LogP contribution in [0, 0.1) is 20.8 Å². The highest BCUT2D eigenvalue weighted by Gasteiger charge is 2.26. The Labute approximate surface area is 210 Å². The topological polar surface area (TPSA) is 117 Å². The Balaban J connectivity index is 1.45. The molecular formula is C24H29ClN6O3S. The summed E-state index contributed by atoms with van der Waals surface area (Å²) in [6, 6.07) is 9.64. The Hall–Kier alpha value is -2.92. The van der Waals surface area contributed by atoms with E-state index in [9.17, 15) is 8.42 Å². The predicted octanol–water partition coefficient (Wildman–Crippen LogP) is 4.64. The molecule has 1 fully saturated rings. The molecule has 186 valence electrons. The first-order valence-electron chi connectivity index (χ1n) is 11.2. The first-order chi connectivity index (χ1) is 16.6. The lowest BCUT2D eigenvalue weighted by Gasteiger charge is -2.14. The number of halogens is 1. The molecule has 0 atom stereocenters. The number of aromatic nitrogens is 2. The van der Waals surface area contributed by atoms with E-state index in [1.807, 2.05) is 51.1 Å². The van der Waals surface area contributed by atoms with E-state index < -0.39 is 10.2 Å². The van der Waals surface area contributed by atoms with Gasteiger partial charge in [-0.15, -0.1) is 0 Å². The number of aryl methyl sites for hydroxylation is 3. The van der Waals surface area contributed by atoms with Crippen LogP contribution in [0.1, 0.15) is 35.1 Å². The summed E-state index contributed by atoms with van der Waals surface area (Å²) in [5.41, 5.74) is 5.41. The fourth-order valence-corrected chi connectivity index (χ4v) is 4.99. The standard InChI is InChI=1S/C24H29ClN6O3S/c1-14-9-17(12-27-35(32,33)31-18-6-7-18)5-8-21(14)29-23-20(25)13-26-24(30-23)28-19-10-15(2)22(34-4)16(3)11-19/h5,8-11,13,18,27,31H,6-7,12H2,1-4H3,(H2,26,28,29,30). The van der Waals surface area contributed by atoms with E-state index in [1.165, 1.54) is 6.20 Å². The van der Waals surface area contributed by atoms with Crippen LogP contribution >= 0.6 is 11.6 Å². The van der Waals surface area contributed by atoms with Crippen LogP contribution in [-0.2, 0) is 16.8 Å². The number of hydrogen-bond donors (Lipinski definition) is 4. The van der Waals surface area contributed by atoms with Crippen molar-refractivity contribution in [2.75, 3.05) is 17.7 Å². The van der Waals surface area contributed by atoms with Gasteiger partial charge in [0.25, 0.3) is 10.2 Å². The Morgan fingerprint density at radius 1 is 1.06 bits per heavy atom. The molecule has 1 aliphatic rings. The van der Waals surface area contributed by atoms with Crippen LogP contribution in [0.3, 0.4) is 0 Å². The van der Waals surface area contributed by atoms with Crippen molar-refractivity contribution in [1.29, 1.82) is 0 Å². The van der Waals surface area contributed by atoms with Crippen molar-refractivity contribution in [3.05, 3.63) is 63.8 Å². The van der Waals surface area contributed by atoms with Crippen molar-refractivity contribution in [2.24, 2.45) is 0 Å². The molecule has 0 aliphatic heterocycles. The highest BCUT2D eigenvalue weighted by atomic mass is 35.5. The number of rotatable bonds is 10. The highest BCUT2D eigenvalue weighted by molar-refractivity contribution is 7.87. The normalized spacial score (nSPS) is 13.5. The molecular weight excluding hydrogens is 488 g/mol. The van der Waals surface area contributed by atoms with Crippen LogP contribution in [0.25, 0.3) is 0 Å². The predicted molar refractivity (Wildman–Crippen MR) is 139 cm³/mol. The number of methoxy groups -OCH3 is 1. The molecule has 3 aromatic rings. The van der Waals surface area contributed by atoms with Crippen LogP contribution in [-0.4, -0.2) is 31.5 Å². The number of hydrogen-bond acceptors (Lipinski definition) is 7. The van der Waals surface area contributed by atoms with Crippen molar-refractivity contribution in [3.8, 4) is 5.75 Å². The zero-order valence-electron chi connectivity index (χ0n) is 20.1. The first-order valence-corrected chi connectivity index (χ1v) is 13.1. The zero-order valence-corrected chi connectivity index (χ0v) is 21.6. The summed E-state index contributed by atoms with van der Waals surface area (Å²) in [4.78, 5) is 8.82. The van der Waals surface area contributed by atoms with Gasteiger partial charge in [-0.05, 0) is 74.1 Å². The Morgan fingerprint density at radius 3 is 2.40 bits per heavy atom. The Kier molecular flexibility index (Phi) is 7.46. The van der Waals surface area contributed by atoms with Crippen molar-refractivity contribution in [1.82, 2.24) is 19.4 Å². The summed E-state index contributed by atoms with van der Waals surface area (Å²) in [5, 5.41) is 6.84. The van der Waals surface area contributed by atoms with Gasteiger partial charge in [0.15, 0.2) is 5.82 Å². The molecule has 1 aliphatic carbocycles. The smallest absolute Gasteiger partial charge is 0.277 e. The Morgan fingerprint density at radius 2 is 1.77 bits per heavy atom. The molecule has 9 nitrogen and oxygen atoms in total. The molecule has 4 rings (SSSR count). The minimum absolute atomic E-state index is 0.0653. The van der Waals surface area contributed by atoms with Gasteiger partial charge in [-0.2, -0.15) is 22.8 Å². The number of nitrogens with zero attached hydrogens (tertiary/aromatic N) is 2. The second kappa shape index (κ2) is 10.4. The molecule has 0 amide bonds. The van der Waals surface area contributed by atoms with Crippen LogP contribution in [0.2, 0.25) is 5.02 Å². The third kappa shape index (κ3) is 6.61. The average molecular weight is 517 g/mol. The van der Waals surface area contributed by atoms with E-state index in [-0.39, 0.29) is 12.6 Å². The molecule has 0 saturated heterocycles. The average Bonchev–Trinajstić information content (AvgIpc) is 3.59. The number of anilines is 4. The largest absolute Gasteiger partial charge is 0.496 e. The van der Waals surface area contributed by atoms with Gasteiger partial charge in [-0.3, -0.25) is 0 Å². The maximum atomic E-state index is 12.0. The van der Waals surface area contributed by atoms with Crippen molar-refractivity contribution >= 4 is 45.0 Å². The Bertz CT molecular complexity index is 1320. The van der Waals surface area contributed by atoms with Gasteiger partial charge in [-0.25, -0.2) is 4.98 Å². The second-order valence-electron chi connectivity index (χ2n) is 8.65. The van der Waals surface area contributed by atoms with Crippen LogP contribution in [0.5, 0.6) is 5.75 Å². The molecule has 4 N–H and O–H groups in total. The molecule has 35 heavy (non-hydrogen) atoms. The van der Waals surface area contributed by atoms with Gasteiger partial charge in [0.1, 0.15) is 10.8 Å². The molecule has 1 heterocycles. The molecule has 11 heteroatoms. The van der Waals surface area contributed by atoms with Gasteiger partial charge in [0.2, 0.25) is 5.95 Å². The third-order valence-corrected chi connectivity index (χ3v) is 7.02. The summed E-state index contributed by atoms with van der Waals surface area (Å²) in [5.74, 6) is 1.70. The lowest BCUT2D eigenvalue weighted by atomic mass is 10.1. The van der Waals surface area contributed by atoms with Gasteiger partial charge >= 0.3 is 0 Å². The van der Waals surface area contributed by atoms with Crippen LogP contribution < -0.4 is 24.8 Å². The minimum atomic E-state index is -3.50. The third-order valence-electron chi connectivity index (χ3n) is 5.57. The van der Waals surface area contributed by atoms with Crippen LogP contribution in [0.15, 0.2) is 36.5 Å². The minimum Gasteiger partial charge on any atom is -0.496 e. The van der Waals surface area contributed by atoms with Gasteiger partial charge in [0, 0.05) is 24.0 Å². The molecule has 1 aromatic heterocycles. The summed E-state index contributed by atoms with van der Waals surface area (Å²) >= 11 is 6.35. The van der Waals surface area contributed by atoms with E-state index in [0.29, 0.717) is 16.8 Å². The summed E-state index contributed by atoms with van der Waals surface area (Å²) in [6.07, 6.45) is 3.32. The lowest BCUT2D eigenvalue weighted by Crippen LogP contribution is -2.37. The van der Waals surface area contributed by atoms with Crippen molar-refractivity contribution in [3.63, 3.8) is 0 Å². The molecule has 2 aromatic carbocycles. The van der Waals surface area contributed by atoms with Gasteiger partial charge in [0.05, 0.1) is 13.3 Å².